The fourth-order valence-corrected chi connectivity index (χ4v) is 2.08. The van der Waals surface area contributed by atoms with Gasteiger partial charge in [0.15, 0.2) is 0 Å². The van der Waals surface area contributed by atoms with E-state index in [-0.39, 0.29) is 0 Å². The van der Waals surface area contributed by atoms with Crippen molar-refractivity contribution in [2.24, 2.45) is 0 Å². The quantitative estimate of drug-likeness (QED) is 0.570. The summed E-state index contributed by atoms with van der Waals surface area (Å²) in [6, 6.07) is 10.3. The smallest absolute Gasteiger partial charge is 0.106 e. The topological polar surface area (TPSA) is 0 Å². The van der Waals surface area contributed by atoms with E-state index in [9.17, 15) is 0 Å². The molecule has 0 aliphatic carbocycles. The average Bonchev–Trinajstić information content (AvgIpc) is 2.02. The number of hydrogen-bond acceptors (Lipinski definition) is 0. The molecule has 0 saturated carbocycles. The van der Waals surface area contributed by atoms with Crippen LogP contribution in [0, 0.1) is 0 Å². The van der Waals surface area contributed by atoms with E-state index >= 15 is 0 Å². The van der Waals surface area contributed by atoms with Crippen LogP contribution in [-0.2, 0) is 0 Å². The van der Waals surface area contributed by atoms with Gasteiger partial charge in [-0.2, -0.15) is 0 Å². The first-order valence-electron chi connectivity index (χ1n) is 3.70. The highest BCUT2D eigenvalue weighted by molar-refractivity contribution is 9.51. The first-order chi connectivity index (χ1) is 5.58. The average molecular weight is 306 g/mol. The second-order valence-corrected chi connectivity index (χ2v) is 18.0. The van der Waals surface area contributed by atoms with E-state index < -0.39 is 5.31 Å². The van der Waals surface area contributed by atoms with Crippen molar-refractivity contribution in [2.45, 2.75) is 6.55 Å². The molecule has 0 aliphatic heterocycles. The zero-order valence-corrected chi connectivity index (χ0v) is 11.0. The minimum absolute atomic E-state index is 1.25. The van der Waals surface area contributed by atoms with Gasteiger partial charge in [-0.1, -0.05) is 42.1 Å². The Morgan fingerprint density at radius 3 is 2.25 bits per heavy atom. The van der Waals surface area contributed by atoms with Crippen molar-refractivity contribution in [3.8, 4) is 0 Å². The molecule has 1 aromatic carbocycles. The zero-order valence-electron chi connectivity index (χ0n) is 6.80. The van der Waals surface area contributed by atoms with Gasteiger partial charge in [0.25, 0.3) is 0 Å². The zero-order chi connectivity index (χ0) is 9.03. The molecule has 0 heterocycles. The number of rotatable bonds is 2. The second kappa shape index (κ2) is 4.39. The predicted molar refractivity (Wildman–Crippen MR) is 64.9 cm³/mol. The van der Waals surface area contributed by atoms with Crippen LogP contribution in [0.3, 0.4) is 0 Å². The Hall–Kier alpha value is 0.137. The highest BCUT2D eigenvalue weighted by Crippen LogP contribution is 2.21. The second-order valence-electron chi connectivity index (χ2n) is 2.70. The summed E-state index contributed by atoms with van der Waals surface area (Å²) < 4.78 is 0. The molecule has 0 N–H and O–H groups in total. The van der Waals surface area contributed by atoms with Gasteiger partial charge >= 0.3 is 0 Å². The molecule has 0 unspecified atom stereocenters. The van der Waals surface area contributed by atoms with E-state index in [0.717, 1.165) is 0 Å². The molecule has 0 aliphatic rings. The summed E-state index contributed by atoms with van der Waals surface area (Å²) in [5, 5.41) is -1.40. The molecule has 0 radical (unpaired) electrons. The van der Waals surface area contributed by atoms with Gasteiger partial charge in [0.1, 0.15) is 0 Å². The number of benzene rings is 1. The van der Waals surface area contributed by atoms with Crippen LogP contribution >= 0.6 is 30.6 Å². The molecule has 1 aromatic rings. The Morgan fingerprint density at radius 2 is 1.75 bits per heavy atom. The molecule has 0 saturated heterocycles. The standard InChI is InChI=1S/C9H10Br2Si/c1-12(10,11)8-7-9-5-3-2-4-6-9/h2-8H,1H3. The van der Waals surface area contributed by atoms with E-state index in [1.54, 1.807) is 0 Å². The summed E-state index contributed by atoms with van der Waals surface area (Å²) >= 11 is 7.21. The largest absolute Gasteiger partial charge is 0.220 e. The third-order valence-electron chi connectivity index (χ3n) is 1.37. The minimum Gasteiger partial charge on any atom is -0.106 e. The maximum atomic E-state index is 3.60. The lowest BCUT2D eigenvalue weighted by Crippen LogP contribution is -2.04. The SMILES string of the molecule is C[Si](Br)(Br)C=Cc1ccccc1. The van der Waals surface area contributed by atoms with Crippen LogP contribution in [-0.4, -0.2) is 5.31 Å². The van der Waals surface area contributed by atoms with Gasteiger partial charge in [-0.3, -0.25) is 0 Å². The Kier molecular flexibility index (Phi) is 3.74. The van der Waals surface area contributed by atoms with E-state index in [4.69, 9.17) is 0 Å². The lowest BCUT2D eigenvalue weighted by molar-refractivity contribution is 1.66. The molecule has 0 bridgehead atoms. The van der Waals surface area contributed by atoms with Gasteiger partial charge in [0.05, 0.1) is 0 Å². The van der Waals surface area contributed by atoms with E-state index in [2.05, 4.69) is 61.0 Å². The maximum Gasteiger partial charge on any atom is 0.220 e. The molecule has 1 rings (SSSR count). The van der Waals surface area contributed by atoms with Crippen LogP contribution in [0.15, 0.2) is 36.0 Å². The Bertz CT molecular complexity index is 262. The first-order valence-corrected chi connectivity index (χ1v) is 10.8. The normalized spacial score (nSPS) is 12.2. The fraction of sp³-hybridized carbons (Fsp3) is 0.111. The molecule has 0 nitrogen and oxygen atoms in total. The van der Waals surface area contributed by atoms with Gasteiger partial charge < -0.3 is 0 Å². The third-order valence-corrected chi connectivity index (χ3v) is 3.71. The summed E-state index contributed by atoms with van der Waals surface area (Å²) in [7, 11) is 0. The number of halogens is 2. The number of hydrogen-bond donors (Lipinski definition) is 0. The van der Waals surface area contributed by atoms with E-state index in [1.165, 1.54) is 5.56 Å². The van der Waals surface area contributed by atoms with Crippen LogP contribution < -0.4 is 0 Å². The van der Waals surface area contributed by atoms with Crippen LogP contribution in [0.2, 0.25) is 6.55 Å². The Labute approximate surface area is 89.9 Å². The summed E-state index contributed by atoms with van der Waals surface area (Å²) in [5.74, 6) is 0. The molecule has 3 heteroatoms. The van der Waals surface area contributed by atoms with Crippen molar-refractivity contribution >= 4 is 42.0 Å². The summed E-state index contributed by atoms with van der Waals surface area (Å²) in [6.45, 7) is 2.17. The molecule has 0 spiro atoms. The van der Waals surface area contributed by atoms with Crippen molar-refractivity contribution in [3.63, 3.8) is 0 Å². The van der Waals surface area contributed by atoms with Gasteiger partial charge in [-0.15, -0.1) is 30.6 Å². The molecule has 12 heavy (non-hydrogen) atoms. The Balaban J connectivity index is 2.71. The summed E-state index contributed by atoms with van der Waals surface area (Å²) in [5.41, 5.74) is 3.44. The molecule has 0 amide bonds. The summed E-state index contributed by atoms with van der Waals surface area (Å²) in [6.07, 6.45) is 2.13. The van der Waals surface area contributed by atoms with Crippen molar-refractivity contribution < 1.29 is 0 Å². The molecule has 0 atom stereocenters. The monoisotopic (exact) mass is 304 g/mol. The highest BCUT2D eigenvalue weighted by atomic mass is 79.9. The molecule has 64 valence electrons. The van der Waals surface area contributed by atoms with Crippen molar-refractivity contribution in [3.05, 3.63) is 41.6 Å². The van der Waals surface area contributed by atoms with Gasteiger partial charge in [0, 0.05) is 0 Å². The van der Waals surface area contributed by atoms with Crippen LogP contribution in [0.4, 0.5) is 0 Å². The first kappa shape index (κ1) is 10.2. The van der Waals surface area contributed by atoms with Crippen molar-refractivity contribution in [1.29, 1.82) is 0 Å². The lowest BCUT2D eigenvalue weighted by Gasteiger charge is -2.02. The van der Waals surface area contributed by atoms with Crippen molar-refractivity contribution in [2.75, 3.05) is 0 Å². The molecular formula is C9H10Br2Si. The van der Waals surface area contributed by atoms with Crippen molar-refractivity contribution in [1.82, 2.24) is 0 Å². The van der Waals surface area contributed by atoms with Crippen LogP contribution in [0.25, 0.3) is 6.08 Å². The van der Waals surface area contributed by atoms with Gasteiger partial charge in [-0.05, 0) is 12.1 Å². The Morgan fingerprint density at radius 1 is 1.17 bits per heavy atom. The lowest BCUT2D eigenvalue weighted by atomic mass is 10.2. The third kappa shape index (κ3) is 4.23. The predicted octanol–water partition coefficient (Wildman–Crippen LogP) is 4.10. The van der Waals surface area contributed by atoms with E-state index in [0.29, 0.717) is 0 Å². The molecule has 0 fully saturated rings. The highest BCUT2D eigenvalue weighted by Gasteiger charge is 2.12. The summed E-state index contributed by atoms with van der Waals surface area (Å²) in [4.78, 5) is 0. The fourth-order valence-electron chi connectivity index (χ4n) is 0.807. The van der Waals surface area contributed by atoms with Crippen LogP contribution in [0.1, 0.15) is 5.56 Å². The van der Waals surface area contributed by atoms with Gasteiger partial charge in [-0.25, -0.2) is 0 Å². The minimum atomic E-state index is -1.40. The van der Waals surface area contributed by atoms with E-state index in [1.807, 2.05) is 18.2 Å². The molecule has 0 aromatic heterocycles. The van der Waals surface area contributed by atoms with Crippen LogP contribution in [0.5, 0.6) is 0 Å². The molecular weight excluding hydrogens is 296 g/mol. The maximum absolute atomic E-state index is 3.60. The van der Waals surface area contributed by atoms with Gasteiger partial charge in [0.2, 0.25) is 5.31 Å².